The van der Waals surface area contributed by atoms with E-state index in [1.807, 2.05) is 0 Å². The van der Waals surface area contributed by atoms with Crippen LogP contribution in [0.1, 0.15) is 20.3 Å². The molecule has 0 aromatic carbocycles. The van der Waals surface area contributed by atoms with Gasteiger partial charge in [-0.2, -0.15) is 0 Å². The zero-order valence-electron chi connectivity index (χ0n) is 6.57. The zero-order chi connectivity index (χ0) is 9.44. The minimum Gasteiger partial charge on any atom is -0.481 e. The van der Waals surface area contributed by atoms with Gasteiger partial charge in [-0.3, -0.25) is 9.59 Å². The first-order chi connectivity index (χ1) is 4.91. The summed E-state index contributed by atoms with van der Waals surface area (Å²) in [6.45, 7) is 2.82. The SMILES string of the molecule is CC(=O)O.CC[C@@H](N)C(=O)O. The first kappa shape index (κ1) is 12.6. The zero-order valence-corrected chi connectivity index (χ0v) is 6.57. The fraction of sp³-hybridized carbons (Fsp3) is 0.667. The van der Waals surface area contributed by atoms with E-state index in [2.05, 4.69) is 0 Å². The van der Waals surface area contributed by atoms with Crippen LogP contribution < -0.4 is 5.73 Å². The topological polar surface area (TPSA) is 101 Å². The molecule has 4 N–H and O–H groups in total. The molecule has 0 aromatic heterocycles. The van der Waals surface area contributed by atoms with E-state index in [9.17, 15) is 4.79 Å². The molecule has 0 heterocycles. The minimum atomic E-state index is -0.928. The van der Waals surface area contributed by atoms with E-state index in [-0.39, 0.29) is 0 Å². The van der Waals surface area contributed by atoms with Crippen molar-refractivity contribution in [1.82, 2.24) is 0 Å². The van der Waals surface area contributed by atoms with Crippen molar-refractivity contribution in [2.75, 3.05) is 0 Å². The Hall–Kier alpha value is -1.10. The van der Waals surface area contributed by atoms with Gasteiger partial charge in [-0.05, 0) is 6.42 Å². The first-order valence-electron chi connectivity index (χ1n) is 3.09. The molecule has 0 amide bonds. The van der Waals surface area contributed by atoms with Crippen molar-refractivity contribution in [3.63, 3.8) is 0 Å². The van der Waals surface area contributed by atoms with Gasteiger partial charge < -0.3 is 15.9 Å². The molecule has 0 bridgehead atoms. The smallest absolute Gasteiger partial charge is 0.320 e. The molecule has 0 radical (unpaired) electrons. The highest BCUT2D eigenvalue weighted by molar-refractivity contribution is 5.72. The van der Waals surface area contributed by atoms with E-state index < -0.39 is 18.0 Å². The summed E-state index contributed by atoms with van der Waals surface area (Å²) in [7, 11) is 0. The Morgan fingerprint density at radius 2 is 1.73 bits per heavy atom. The highest BCUT2D eigenvalue weighted by Crippen LogP contribution is 1.82. The maximum atomic E-state index is 9.81. The second-order valence-electron chi connectivity index (χ2n) is 1.87. The van der Waals surface area contributed by atoms with Crippen LogP contribution in [0.5, 0.6) is 0 Å². The number of carboxylic acids is 2. The number of hydrogen-bond donors (Lipinski definition) is 3. The lowest BCUT2D eigenvalue weighted by Crippen LogP contribution is -2.28. The molecule has 0 aliphatic rings. The molecule has 0 aliphatic carbocycles. The Balaban J connectivity index is 0. The van der Waals surface area contributed by atoms with Gasteiger partial charge in [0.25, 0.3) is 5.97 Å². The predicted octanol–water partition coefficient (Wildman–Crippen LogP) is -0.101. The number of carbonyl (C=O) groups is 2. The summed E-state index contributed by atoms with van der Waals surface area (Å²) in [6, 6.07) is -0.681. The molecule has 5 nitrogen and oxygen atoms in total. The van der Waals surface area contributed by atoms with E-state index in [1.165, 1.54) is 0 Å². The Bertz CT molecular complexity index is 131. The number of aliphatic carboxylic acids is 2. The molecule has 0 rings (SSSR count). The van der Waals surface area contributed by atoms with Crippen LogP contribution in [0.2, 0.25) is 0 Å². The summed E-state index contributed by atoms with van der Waals surface area (Å²) in [5.74, 6) is -1.76. The standard InChI is InChI=1S/C4H9NO2.C2H4O2/c1-2-3(5)4(6)7;1-2(3)4/h3H,2,5H2,1H3,(H,6,7);1H3,(H,3,4)/t3-;/m1./s1. The Kier molecular flexibility index (Phi) is 8.01. The van der Waals surface area contributed by atoms with E-state index in [4.69, 9.17) is 20.7 Å². The third kappa shape index (κ3) is 17.6. The second kappa shape index (κ2) is 7.01. The van der Waals surface area contributed by atoms with Crippen LogP contribution in [-0.4, -0.2) is 28.2 Å². The third-order valence-electron chi connectivity index (χ3n) is 0.757. The molecule has 0 aliphatic heterocycles. The van der Waals surface area contributed by atoms with Crippen molar-refractivity contribution in [2.24, 2.45) is 5.73 Å². The number of hydrogen-bond acceptors (Lipinski definition) is 3. The van der Waals surface area contributed by atoms with Gasteiger partial charge in [-0.1, -0.05) is 6.92 Å². The van der Waals surface area contributed by atoms with Gasteiger partial charge in [0.2, 0.25) is 0 Å². The van der Waals surface area contributed by atoms with Gasteiger partial charge in [0.05, 0.1) is 0 Å². The molecule has 0 saturated carbocycles. The maximum absolute atomic E-state index is 9.81. The Labute approximate surface area is 64.8 Å². The monoisotopic (exact) mass is 163 g/mol. The number of nitrogens with two attached hydrogens (primary N) is 1. The van der Waals surface area contributed by atoms with E-state index in [0.717, 1.165) is 6.92 Å². The highest BCUT2D eigenvalue weighted by Gasteiger charge is 2.05. The molecule has 0 saturated heterocycles. The average Bonchev–Trinajstić information content (AvgIpc) is 1.85. The summed E-state index contributed by atoms with van der Waals surface area (Å²) in [4.78, 5) is 18.8. The maximum Gasteiger partial charge on any atom is 0.320 e. The van der Waals surface area contributed by atoms with Gasteiger partial charge in [-0.15, -0.1) is 0 Å². The second-order valence-corrected chi connectivity index (χ2v) is 1.87. The van der Waals surface area contributed by atoms with Crippen LogP contribution in [0, 0.1) is 0 Å². The van der Waals surface area contributed by atoms with Gasteiger partial charge >= 0.3 is 5.97 Å². The van der Waals surface area contributed by atoms with Crippen LogP contribution in [0.4, 0.5) is 0 Å². The normalized spacial score (nSPS) is 10.8. The van der Waals surface area contributed by atoms with Gasteiger partial charge in [0.15, 0.2) is 0 Å². The molecule has 66 valence electrons. The van der Waals surface area contributed by atoms with Crippen LogP contribution in [0.25, 0.3) is 0 Å². The Morgan fingerprint density at radius 3 is 1.73 bits per heavy atom. The van der Waals surface area contributed by atoms with Gasteiger partial charge in [0, 0.05) is 6.92 Å². The fourth-order valence-corrected chi connectivity index (χ4v) is 0.175. The lowest BCUT2D eigenvalue weighted by Gasteiger charge is -1.97. The number of rotatable bonds is 2. The van der Waals surface area contributed by atoms with Crippen molar-refractivity contribution < 1.29 is 19.8 Å². The molecular weight excluding hydrogens is 150 g/mol. The van der Waals surface area contributed by atoms with Gasteiger partial charge in [-0.25, -0.2) is 0 Å². The van der Waals surface area contributed by atoms with Crippen LogP contribution >= 0.6 is 0 Å². The van der Waals surface area contributed by atoms with Crippen molar-refractivity contribution in [3.05, 3.63) is 0 Å². The quantitative estimate of drug-likeness (QED) is 0.527. The highest BCUT2D eigenvalue weighted by atomic mass is 16.4. The van der Waals surface area contributed by atoms with E-state index in [0.29, 0.717) is 6.42 Å². The summed E-state index contributed by atoms with van der Waals surface area (Å²) in [5, 5.41) is 15.5. The summed E-state index contributed by atoms with van der Waals surface area (Å²) in [5.41, 5.74) is 5.02. The molecule has 11 heavy (non-hydrogen) atoms. The van der Waals surface area contributed by atoms with Crippen molar-refractivity contribution >= 4 is 11.9 Å². The van der Waals surface area contributed by atoms with Crippen LogP contribution in [0.15, 0.2) is 0 Å². The molecule has 1 atom stereocenters. The molecule has 0 fully saturated rings. The molecule has 0 spiro atoms. The average molecular weight is 163 g/mol. The van der Waals surface area contributed by atoms with Crippen LogP contribution in [0.3, 0.4) is 0 Å². The van der Waals surface area contributed by atoms with Crippen molar-refractivity contribution in [1.29, 1.82) is 0 Å². The van der Waals surface area contributed by atoms with E-state index >= 15 is 0 Å². The molecule has 0 aromatic rings. The van der Waals surface area contributed by atoms with E-state index in [1.54, 1.807) is 6.92 Å². The molecule has 5 heteroatoms. The largest absolute Gasteiger partial charge is 0.481 e. The summed E-state index contributed by atoms with van der Waals surface area (Å²) >= 11 is 0. The fourth-order valence-electron chi connectivity index (χ4n) is 0.175. The van der Waals surface area contributed by atoms with Crippen molar-refractivity contribution in [3.8, 4) is 0 Å². The third-order valence-corrected chi connectivity index (χ3v) is 0.757. The Morgan fingerprint density at radius 1 is 1.45 bits per heavy atom. The van der Waals surface area contributed by atoms with Crippen molar-refractivity contribution in [2.45, 2.75) is 26.3 Å². The lowest BCUT2D eigenvalue weighted by molar-refractivity contribution is -0.138. The minimum absolute atomic E-state index is 0.495. The predicted molar refractivity (Wildman–Crippen MR) is 39.2 cm³/mol. The molecular formula is C6H13NO4. The lowest BCUT2D eigenvalue weighted by atomic mass is 10.2. The van der Waals surface area contributed by atoms with Gasteiger partial charge in [0.1, 0.15) is 6.04 Å². The number of carboxylic acid groups (broad SMARTS) is 2. The first-order valence-corrected chi connectivity index (χ1v) is 3.09. The summed E-state index contributed by atoms with van der Waals surface area (Å²) in [6.07, 6.45) is 0.495. The van der Waals surface area contributed by atoms with Crippen LogP contribution in [-0.2, 0) is 9.59 Å². The summed E-state index contributed by atoms with van der Waals surface area (Å²) < 4.78 is 0. The molecule has 0 unspecified atom stereocenters.